The molecular weight excluding hydrogens is 432 g/mol. The summed E-state index contributed by atoms with van der Waals surface area (Å²) in [5.41, 5.74) is 4.73. The van der Waals surface area contributed by atoms with Gasteiger partial charge in [0.15, 0.2) is 5.69 Å². The zero-order valence-electron chi connectivity index (χ0n) is 18.3. The summed E-state index contributed by atoms with van der Waals surface area (Å²) >= 11 is 0. The highest BCUT2D eigenvalue weighted by atomic mass is 16.4. The highest BCUT2D eigenvalue weighted by molar-refractivity contribution is 6.03. The molecule has 0 spiro atoms. The molecule has 0 radical (unpaired) electrons. The van der Waals surface area contributed by atoms with Gasteiger partial charge in [0.25, 0.3) is 5.91 Å². The lowest BCUT2D eigenvalue weighted by Crippen LogP contribution is -2.16. The highest BCUT2D eigenvalue weighted by Gasteiger charge is 2.16. The third-order valence-electron chi connectivity index (χ3n) is 5.33. The molecule has 34 heavy (non-hydrogen) atoms. The van der Waals surface area contributed by atoms with Gasteiger partial charge in [-0.2, -0.15) is 5.10 Å². The van der Waals surface area contributed by atoms with Crippen LogP contribution in [-0.2, 0) is 24.2 Å². The summed E-state index contributed by atoms with van der Waals surface area (Å²) in [6.45, 7) is 0.357. The number of phenolic OH excluding ortho intramolecular Hbond substituents is 1. The van der Waals surface area contributed by atoms with E-state index < -0.39 is 11.9 Å². The van der Waals surface area contributed by atoms with Crippen molar-refractivity contribution in [3.05, 3.63) is 107 Å². The van der Waals surface area contributed by atoms with E-state index >= 15 is 0 Å². The molecule has 0 saturated heterocycles. The molecule has 0 aliphatic heterocycles. The molecule has 1 heterocycles. The average molecular weight is 457 g/mol. The Kier molecular flexibility index (Phi) is 6.88. The Morgan fingerprint density at radius 3 is 2.47 bits per heavy atom. The summed E-state index contributed by atoms with van der Waals surface area (Å²) < 4.78 is 0. The van der Waals surface area contributed by atoms with Crippen LogP contribution in [0.4, 0.5) is 11.4 Å². The third-order valence-corrected chi connectivity index (χ3v) is 5.33. The van der Waals surface area contributed by atoms with Gasteiger partial charge in [0.1, 0.15) is 5.75 Å². The molecule has 4 rings (SSSR count). The topological polar surface area (TPSA) is 127 Å². The van der Waals surface area contributed by atoms with E-state index in [0.717, 1.165) is 16.8 Å². The number of anilines is 2. The standard InChI is InChI=1S/C26H24N4O4/c31-23-11-4-2-8-19(23)14-18-7-1-3-10-22(18)27-15-20-16-28-30-25(20)26(34)29-21-9-5-6-17(12-21)13-24(32)33/h1-12,16,27,31H,13-15H2,(H,28,30)(H,29,34)(H,32,33). The van der Waals surface area contributed by atoms with E-state index in [1.165, 1.54) is 0 Å². The number of aromatic amines is 1. The summed E-state index contributed by atoms with van der Waals surface area (Å²) in [6, 6.07) is 21.7. The quantitative estimate of drug-likeness (QED) is 0.257. The van der Waals surface area contributed by atoms with Crippen LogP contribution in [0.2, 0.25) is 0 Å². The number of amides is 1. The first-order valence-electron chi connectivity index (χ1n) is 10.7. The molecule has 0 fully saturated rings. The molecule has 8 heteroatoms. The van der Waals surface area contributed by atoms with Crippen LogP contribution in [0.5, 0.6) is 5.75 Å². The Morgan fingerprint density at radius 2 is 1.68 bits per heavy atom. The SMILES string of the molecule is O=C(O)Cc1cccc(NC(=O)c2n[nH]cc2CNc2ccccc2Cc2ccccc2O)c1. The average Bonchev–Trinajstić information content (AvgIpc) is 3.29. The number of H-pyrrole nitrogens is 1. The maximum atomic E-state index is 12.8. The minimum absolute atomic E-state index is 0.124. The first kappa shape index (κ1) is 22.6. The number of aromatic hydroxyl groups is 1. The summed E-state index contributed by atoms with van der Waals surface area (Å²) in [5, 5.41) is 32.1. The number of phenols is 1. The van der Waals surface area contributed by atoms with E-state index in [1.54, 1.807) is 42.6 Å². The van der Waals surface area contributed by atoms with Crippen LogP contribution in [0.3, 0.4) is 0 Å². The first-order chi connectivity index (χ1) is 16.5. The summed E-state index contributed by atoms with van der Waals surface area (Å²) in [6.07, 6.45) is 2.09. The van der Waals surface area contributed by atoms with Crippen molar-refractivity contribution in [2.24, 2.45) is 0 Å². The zero-order valence-corrected chi connectivity index (χ0v) is 18.3. The molecule has 172 valence electrons. The van der Waals surface area contributed by atoms with Crippen molar-refractivity contribution in [1.82, 2.24) is 10.2 Å². The Bertz CT molecular complexity index is 1320. The minimum atomic E-state index is -0.938. The lowest BCUT2D eigenvalue weighted by Gasteiger charge is -2.13. The van der Waals surface area contributed by atoms with Crippen LogP contribution >= 0.6 is 0 Å². The van der Waals surface area contributed by atoms with Gasteiger partial charge in [-0.3, -0.25) is 14.7 Å². The van der Waals surface area contributed by atoms with Crippen molar-refractivity contribution in [3.8, 4) is 5.75 Å². The first-order valence-corrected chi connectivity index (χ1v) is 10.7. The minimum Gasteiger partial charge on any atom is -0.508 e. The number of para-hydroxylation sites is 2. The number of hydrogen-bond donors (Lipinski definition) is 5. The van der Waals surface area contributed by atoms with Crippen LogP contribution in [0.1, 0.15) is 32.7 Å². The second-order valence-corrected chi connectivity index (χ2v) is 7.80. The molecule has 0 unspecified atom stereocenters. The number of nitrogens with one attached hydrogen (secondary N) is 3. The number of carbonyl (C=O) groups is 2. The van der Waals surface area contributed by atoms with Crippen LogP contribution in [-0.4, -0.2) is 32.3 Å². The molecule has 4 aromatic rings. The van der Waals surface area contributed by atoms with Gasteiger partial charge < -0.3 is 20.8 Å². The summed E-state index contributed by atoms with van der Waals surface area (Å²) in [4.78, 5) is 23.8. The number of carboxylic acids is 1. The lowest BCUT2D eigenvalue weighted by atomic mass is 10.0. The van der Waals surface area contributed by atoms with Gasteiger partial charge in [-0.05, 0) is 41.0 Å². The lowest BCUT2D eigenvalue weighted by molar-refractivity contribution is -0.136. The van der Waals surface area contributed by atoms with Crippen molar-refractivity contribution < 1.29 is 19.8 Å². The number of rotatable bonds is 9. The van der Waals surface area contributed by atoms with Gasteiger partial charge >= 0.3 is 5.97 Å². The Morgan fingerprint density at radius 1 is 0.912 bits per heavy atom. The zero-order chi connectivity index (χ0) is 23.9. The monoisotopic (exact) mass is 456 g/mol. The molecule has 0 saturated carbocycles. The van der Waals surface area contributed by atoms with E-state index in [-0.39, 0.29) is 17.9 Å². The van der Waals surface area contributed by atoms with E-state index in [2.05, 4.69) is 20.8 Å². The smallest absolute Gasteiger partial charge is 0.307 e. The predicted octanol–water partition coefficient (Wildman–Crippen LogP) is 4.20. The molecule has 0 aliphatic carbocycles. The maximum absolute atomic E-state index is 12.8. The highest BCUT2D eigenvalue weighted by Crippen LogP contribution is 2.25. The Balaban J connectivity index is 1.45. The van der Waals surface area contributed by atoms with Crippen LogP contribution < -0.4 is 10.6 Å². The van der Waals surface area contributed by atoms with Crippen LogP contribution in [0.25, 0.3) is 0 Å². The van der Waals surface area contributed by atoms with E-state index in [1.807, 2.05) is 36.4 Å². The van der Waals surface area contributed by atoms with E-state index in [4.69, 9.17) is 5.11 Å². The molecule has 0 aliphatic rings. The molecule has 1 aromatic heterocycles. The van der Waals surface area contributed by atoms with E-state index in [0.29, 0.717) is 29.8 Å². The summed E-state index contributed by atoms with van der Waals surface area (Å²) in [7, 11) is 0. The largest absolute Gasteiger partial charge is 0.508 e. The number of aliphatic carboxylic acids is 1. The number of carbonyl (C=O) groups excluding carboxylic acids is 1. The fraction of sp³-hybridized carbons (Fsp3) is 0.115. The second-order valence-electron chi connectivity index (χ2n) is 7.80. The van der Waals surface area contributed by atoms with Gasteiger partial charge in [0, 0.05) is 36.1 Å². The van der Waals surface area contributed by atoms with Gasteiger partial charge in [-0.15, -0.1) is 0 Å². The van der Waals surface area contributed by atoms with Crippen LogP contribution in [0, 0.1) is 0 Å². The van der Waals surface area contributed by atoms with Gasteiger partial charge in [0.2, 0.25) is 0 Å². The van der Waals surface area contributed by atoms with Gasteiger partial charge in [-0.1, -0.05) is 48.5 Å². The molecule has 0 bridgehead atoms. The fourth-order valence-electron chi connectivity index (χ4n) is 3.67. The van der Waals surface area contributed by atoms with Gasteiger partial charge in [-0.25, -0.2) is 0 Å². The third kappa shape index (κ3) is 5.60. The predicted molar refractivity (Wildman–Crippen MR) is 129 cm³/mol. The van der Waals surface area contributed by atoms with Crippen molar-refractivity contribution in [1.29, 1.82) is 0 Å². The maximum Gasteiger partial charge on any atom is 0.307 e. The second kappa shape index (κ2) is 10.4. The number of carboxylic acid groups (broad SMARTS) is 1. The number of nitrogens with zero attached hydrogens (tertiary/aromatic N) is 1. The van der Waals surface area contributed by atoms with Crippen molar-refractivity contribution in [3.63, 3.8) is 0 Å². The Hall–Kier alpha value is -4.59. The molecular formula is C26H24N4O4. The molecule has 1 amide bonds. The fourth-order valence-corrected chi connectivity index (χ4v) is 3.67. The van der Waals surface area contributed by atoms with Crippen LogP contribution in [0.15, 0.2) is 79.0 Å². The van der Waals surface area contributed by atoms with Gasteiger partial charge in [0.05, 0.1) is 6.42 Å². The van der Waals surface area contributed by atoms with Crippen molar-refractivity contribution >= 4 is 23.3 Å². The van der Waals surface area contributed by atoms with Crippen molar-refractivity contribution in [2.45, 2.75) is 19.4 Å². The molecule has 8 nitrogen and oxygen atoms in total. The molecule has 3 aromatic carbocycles. The number of aromatic nitrogens is 2. The molecule has 5 N–H and O–H groups in total. The van der Waals surface area contributed by atoms with Crippen molar-refractivity contribution in [2.75, 3.05) is 10.6 Å². The Labute approximate surface area is 196 Å². The van der Waals surface area contributed by atoms with E-state index in [9.17, 15) is 14.7 Å². The molecule has 0 atom stereocenters. The summed E-state index contributed by atoms with van der Waals surface area (Å²) in [5.74, 6) is -1.08. The number of hydrogen-bond acceptors (Lipinski definition) is 5. The normalized spacial score (nSPS) is 10.6. The number of benzene rings is 3.